The van der Waals surface area contributed by atoms with E-state index in [2.05, 4.69) is 10.4 Å². The van der Waals surface area contributed by atoms with Crippen LogP contribution in [0.25, 0.3) is 0 Å². The number of hydrogen-bond donors (Lipinski definition) is 1. The van der Waals surface area contributed by atoms with Gasteiger partial charge in [0.25, 0.3) is 11.5 Å². The van der Waals surface area contributed by atoms with Crippen LogP contribution in [0.15, 0.2) is 17.1 Å². The summed E-state index contributed by atoms with van der Waals surface area (Å²) in [6, 6.07) is 1.85. The van der Waals surface area contributed by atoms with E-state index in [1.165, 1.54) is 6.42 Å². The minimum Gasteiger partial charge on any atom is -0.314 e. The van der Waals surface area contributed by atoms with Crippen LogP contribution in [0.2, 0.25) is 0 Å². The third-order valence-corrected chi connectivity index (χ3v) is 4.70. The lowest BCUT2D eigenvalue weighted by atomic mass is 9.96. The number of aryl methyl sites for hydroxylation is 1. The summed E-state index contributed by atoms with van der Waals surface area (Å²) in [5.41, 5.74) is 1.30. The number of nitrogens with zero attached hydrogens (tertiary/aromatic N) is 4. The summed E-state index contributed by atoms with van der Waals surface area (Å²) in [7, 11) is 3.63. The molecule has 2 aromatic rings. The number of amides is 1. The van der Waals surface area contributed by atoms with E-state index in [0.717, 1.165) is 31.4 Å². The highest BCUT2D eigenvalue weighted by Crippen LogP contribution is 2.28. The third kappa shape index (κ3) is 2.83. The van der Waals surface area contributed by atoms with E-state index in [-0.39, 0.29) is 17.5 Å². The van der Waals surface area contributed by atoms with E-state index < -0.39 is 0 Å². The molecule has 0 bridgehead atoms. The topological polar surface area (TPSA) is 73.8 Å². The van der Waals surface area contributed by atoms with Crippen molar-refractivity contribution in [1.82, 2.24) is 19.1 Å². The average Bonchev–Trinajstić information content (AvgIpc) is 3.06. The number of hydrogen-bond acceptors (Lipinski definition) is 3. The van der Waals surface area contributed by atoms with Crippen LogP contribution in [-0.2, 0) is 14.1 Å². The van der Waals surface area contributed by atoms with Crippen molar-refractivity contribution in [2.45, 2.75) is 45.1 Å². The van der Waals surface area contributed by atoms with Crippen LogP contribution in [0.4, 0.5) is 5.69 Å². The fourth-order valence-electron chi connectivity index (χ4n) is 3.32. The fourth-order valence-corrected chi connectivity index (χ4v) is 3.32. The predicted molar refractivity (Wildman–Crippen MR) is 87.7 cm³/mol. The largest absolute Gasteiger partial charge is 0.314 e. The van der Waals surface area contributed by atoms with Gasteiger partial charge in [-0.15, -0.1) is 0 Å². The Balaban J connectivity index is 1.91. The molecule has 1 amide bonds. The zero-order valence-electron chi connectivity index (χ0n) is 13.9. The summed E-state index contributed by atoms with van der Waals surface area (Å²) < 4.78 is 5.22. The molecule has 1 saturated carbocycles. The molecule has 0 unspecified atom stereocenters. The van der Waals surface area contributed by atoms with Crippen molar-refractivity contribution in [3.05, 3.63) is 34.0 Å². The van der Waals surface area contributed by atoms with Crippen LogP contribution in [0.1, 0.15) is 54.3 Å². The number of nitrogens with one attached hydrogen (secondary N) is 1. The maximum Gasteiger partial charge on any atom is 0.291 e. The first-order valence-electron chi connectivity index (χ1n) is 8.08. The summed E-state index contributed by atoms with van der Waals surface area (Å²) in [4.78, 5) is 25.1. The molecule has 1 fully saturated rings. The second-order valence-electron chi connectivity index (χ2n) is 6.25. The van der Waals surface area contributed by atoms with Crippen LogP contribution in [-0.4, -0.2) is 25.1 Å². The average molecular weight is 317 g/mol. The smallest absolute Gasteiger partial charge is 0.291 e. The van der Waals surface area contributed by atoms with E-state index in [9.17, 15) is 9.59 Å². The number of carbonyl (C=O) groups is 1. The summed E-state index contributed by atoms with van der Waals surface area (Å²) in [6.07, 6.45) is 7.27. The summed E-state index contributed by atoms with van der Waals surface area (Å²) in [5, 5.41) is 6.81. The number of carbonyl (C=O) groups excluding carboxylic acids is 1. The number of anilines is 1. The van der Waals surface area contributed by atoms with E-state index in [4.69, 9.17) is 0 Å². The van der Waals surface area contributed by atoms with Crippen LogP contribution >= 0.6 is 0 Å². The van der Waals surface area contributed by atoms with Gasteiger partial charge in [0, 0.05) is 20.3 Å². The van der Waals surface area contributed by atoms with Crippen LogP contribution < -0.4 is 10.9 Å². The maximum atomic E-state index is 12.8. The van der Waals surface area contributed by atoms with Crippen LogP contribution in [0, 0.1) is 6.92 Å². The molecule has 2 aromatic heterocycles. The first kappa shape index (κ1) is 15.6. The Morgan fingerprint density at radius 2 is 1.96 bits per heavy atom. The van der Waals surface area contributed by atoms with Crippen molar-refractivity contribution >= 4 is 11.6 Å². The molecular weight excluding hydrogens is 294 g/mol. The molecule has 0 atom stereocenters. The first-order valence-corrected chi connectivity index (χ1v) is 8.08. The molecule has 2 heterocycles. The molecule has 0 saturated heterocycles. The van der Waals surface area contributed by atoms with Crippen molar-refractivity contribution in [2.24, 2.45) is 14.1 Å². The Hall–Kier alpha value is -2.31. The highest BCUT2D eigenvalue weighted by molar-refractivity contribution is 6.03. The van der Waals surface area contributed by atoms with Crippen LogP contribution in [0.5, 0.6) is 0 Å². The Bertz CT molecular complexity index is 777. The molecule has 0 radical (unpaired) electrons. The van der Waals surface area contributed by atoms with Gasteiger partial charge >= 0.3 is 0 Å². The van der Waals surface area contributed by atoms with Gasteiger partial charge in [-0.05, 0) is 25.8 Å². The summed E-state index contributed by atoms with van der Waals surface area (Å²) in [6.45, 7) is 1.86. The zero-order valence-corrected chi connectivity index (χ0v) is 13.9. The summed E-state index contributed by atoms with van der Waals surface area (Å²) in [5.74, 6) is -0.354. The van der Waals surface area contributed by atoms with Crippen LogP contribution in [0.3, 0.4) is 0 Å². The molecule has 7 nitrogen and oxygen atoms in total. The lowest BCUT2D eigenvalue weighted by Crippen LogP contribution is -2.29. The monoisotopic (exact) mass is 317 g/mol. The molecule has 0 aliphatic heterocycles. The minimum absolute atomic E-state index is 0.124. The van der Waals surface area contributed by atoms with Gasteiger partial charge in [-0.3, -0.25) is 19.0 Å². The van der Waals surface area contributed by atoms with Gasteiger partial charge in [0.15, 0.2) is 5.69 Å². The second kappa shape index (κ2) is 6.06. The molecule has 1 aliphatic rings. The van der Waals surface area contributed by atoms with Gasteiger partial charge in [-0.25, -0.2) is 4.68 Å². The Morgan fingerprint density at radius 3 is 2.57 bits per heavy atom. The molecule has 3 rings (SSSR count). The Kier molecular flexibility index (Phi) is 4.11. The Morgan fingerprint density at radius 1 is 1.26 bits per heavy atom. The molecule has 1 N–H and O–H groups in total. The van der Waals surface area contributed by atoms with Gasteiger partial charge in [0.2, 0.25) is 0 Å². The highest BCUT2D eigenvalue weighted by Gasteiger charge is 2.24. The summed E-state index contributed by atoms with van der Waals surface area (Å²) >= 11 is 0. The molecule has 0 spiro atoms. The van der Waals surface area contributed by atoms with Crippen molar-refractivity contribution in [3.63, 3.8) is 0 Å². The molecular formula is C16H23N5O2. The zero-order chi connectivity index (χ0) is 16.6. The standard InChI is InChI=1S/C16H23N5O2/c1-11-14(17-15(22)13-9-10-19(2)18-13)16(23)21(20(11)3)12-7-5-4-6-8-12/h9-10,12H,4-8H2,1-3H3,(H,17,22). The first-order chi connectivity index (χ1) is 11.0. The second-order valence-corrected chi connectivity index (χ2v) is 6.25. The SMILES string of the molecule is Cc1c(NC(=O)c2ccn(C)n2)c(=O)n(C2CCCCC2)n1C. The van der Waals surface area contributed by atoms with Crippen molar-refractivity contribution in [2.75, 3.05) is 5.32 Å². The molecule has 1 aliphatic carbocycles. The van der Waals surface area contributed by atoms with E-state index >= 15 is 0 Å². The lowest BCUT2D eigenvalue weighted by molar-refractivity contribution is 0.102. The van der Waals surface area contributed by atoms with Crippen molar-refractivity contribution in [1.29, 1.82) is 0 Å². The minimum atomic E-state index is -0.354. The van der Waals surface area contributed by atoms with Crippen molar-refractivity contribution in [3.8, 4) is 0 Å². The third-order valence-electron chi connectivity index (χ3n) is 4.70. The van der Waals surface area contributed by atoms with E-state index in [0.29, 0.717) is 11.4 Å². The van der Waals surface area contributed by atoms with Gasteiger partial charge in [0.05, 0.1) is 11.7 Å². The van der Waals surface area contributed by atoms with Gasteiger partial charge < -0.3 is 5.32 Å². The maximum absolute atomic E-state index is 12.8. The van der Waals surface area contributed by atoms with E-state index in [1.54, 1.807) is 28.7 Å². The van der Waals surface area contributed by atoms with Gasteiger partial charge in [-0.1, -0.05) is 19.3 Å². The lowest BCUT2D eigenvalue weighted by Gasteiger charge is -2.24. The number of rotatable bonds is 3. The predicted octanol–water partition coefficient (Wildman–Crippen LogP) is 1.99. The number of aromatic nitrogens is 4. The van der Waals surface area contributed by atoms with Gasteiger partial charge in [0.1, 0.15) is 5.69 Å². The van der Waals surface area contributed by atoms with Gasteiger partial charge in [-0.2, -0.15) is 5.10 Å². The highest BCUT2D eigenvalue weighted by atomic mass is 16.2. The fraction of sp³-hybridized carbons (Fsp3) is 0.562. The molecule has 0 aromatic carbocycles. The van der Waals surface area contributed by atoms with Crippen molar-refractivity contribution < 1.29 is 4.79 Å². The Labute approximate surface area is 134 Å². The molecule has 23 heavy (non-hydrogen) atoms. The molecule has 7 heteroatoms. The quantitative estimate of drug-likeness (QED) is 0.941. The van der Waals surface area contributed by atoms with E-state index in [1.807, 2.05) is 18.7 Å². The normalized spacial score (nSPS) is 15.8. The molecule has 124 valence electrons.